The van der Waals surface area contributed by atoms with Gasteiger partial charge in [-0.3, -0.25) is 4.79 Å². The number of thioether (sulfide) groups is 1. The van der Waals surface area contributed by atoms with Crippen LogP contribution in [0.2, 0.25) is 0 Å². The maximum absolute atomic E-state index is 12.6. The third kappa shape index (κ3) is 3.91. The number of nitrogens with zero attached hydrogens (tertiary/aromatic N) is 2. The van der Waals surface area contributed by atoms with Crippen molar-refractivity contribution >= 4 is 29.0 Å². The van der Waals surface area contributed by atoms with Crippen molar-refractivity contribution in [2.45, 2.75) is 29.9 Å². The van der Waals surface area contributed by atoms with E-state index in [0.717, 1.165) is 40.5 Å². The van der Waals surface area contributed by atoms with E-state index in [-0.39, 0.29) is 5.91 Å². The summed E-state index contributed by atoms with van der Waals surface area (Å²) in [4.78, 5) is 18.3. The third-order valence-electron chi connectivity index (χ3n) is 5.27. The van der Waals surface area contributed by atoms with Crippen LogP contribution in [0.15, 0.2) is 78.0 Å². The maximum atomic E-state index is 12.6. The van der Waals surface area contributed by atoms with Gasteiger partial charge in [0.25, 0.3) is 5.91 Å². The minimum Gasteiger partial charge on any atom is -0.322 e. The number of aryl methyl sites for hydroxylation is 2. The van der Waals surface area contributed by atoms with Crippen molar-refractivity contribution in [1.29, 1.82) is 0 Å². The number of hydrogen-bond acceptors (Lipinski definition) is 3. The zero-order chi connectivity index (χ0) is 19.6. The van der Waals surface area contributed by atoms with E-state index in [2.05, 4.69) is 28.6 Å². The maximum Gasteiger partial charge on any atom is 0.255 e. The summed E-state index contributed by atoms with van der Waals surface area (Å²) in [5.74, 6) is 0.724. The van der Waals surface area contributed by atoms with Gasteiger partial charge < -0.3 is 9.72 Å². The van der Waals surface area contributed by atoms with Crippen molar-refractivity contribution in [2.75, 3.05) is 5.32 Å². The summed E-state index contributed by atoms with van der Waals surface area (Å²) in [6.45, 7) is 0. The van der Waals surface area contributed by atoms with Gasteiger partial charge in [-0.15, -0.1) is 11.8 Å². The van der Waals surface area contributed by atoms with E-state index in [1.54, 1.807) is 11.8 Å². The molecule has 1 amide bonds. The Morgan fingerprint density at radius 3 is 2.76 bits per heavy atom. The second kappa shape index (κ2) is 7.76. The van der Waals surface area contributed by atoms with Crippen LogP contribution in [0.3, 0.4) is 0 Å². The minimum absolute atomic E-state index is 0.0696. The van der Waals surface area contributed by atoms with E-state index in [4.69, 9.17) is 0 Å². The molecule has 4 nitrogen and oxygen atoms in total. The molecule has 29 heavy (non-hydrogen) atoms. The molecule has 0 bridgehead atoms. The summed E-state index contributed by atoms with van der Waals surface area (Å²) >= 11 is 1.72. The molecule has 2 aromatic carbocycles. The van der Waals surface area contributed by atoms with Crippen LogP contribution in [-0.2, 0) is 18.6 Å². The van der Waals surface area contributed by atoms with Crippen LogP contribution in [-0.4, -0.2) is 15.3 Å². The number of carbonyl (C=O) groups is 1. The number of benzene rings is 2. The number of rotatable bonds is 5. The van der Waals surface area contributed by atoms with Crippen LogP contribution in [0.25, 0.3) is 5.65 Å². The molecule has 0 atom stereocenters. The first kappa shape index (κ1) is 18.0. The topological polar surface area (TPSA) is 46.4 Å². The molecule has 5 rings (SSSR count). The predicted molar refractivity (Wildman–Crippen MR) is 118 cm³/mol. The number of aromatic nitrogens is 2. The Labute approximate surface area is 174 Å². The number of hydrogen-bond donors (Lipinski definition) is 1. The van der Waals surface area contributed by atoms with Crippen molar-refractivity contribution in [2.24, 2.45) is 0 Å². The average Bonchev–Trinajstić information content (AvgIpc) is 3.38. The molecule has 4 aromatic rings. The highest BCUT2D eigenvalue weighted by Crippen LogP contribution is 2.26. The SMILES string of the molecule is O=C(Nc1ccc2c(c1)CCC2)c1ccc(SCc2cn3ccccc3n2)cc1. The van der Waals surface area contributed by atoms with Crippen LogP contribution in [0, 0.1) is 0 Å². The van der Waals surface area contributed by atoms with Gasteiger partial charge in [-0.05, 0) is 78.9 Å². The largest absolute Gasteiger partial charge is 0.322 e. The molecule has 5 heteroatoms. The van der Waals surface area contributed by atoms with E-state index in [0.29, 0.717) is 5.56 Å². The minimum atomic E-state index is -0.0696. The van der Waals surface area contributed by atoms with E-state index in [1.807, 2.05) is 59.1 Å². The number of anilines is 1. The molecule has 1 aliphatic carbocycles. The summed E-state index contributed by atoms with van der Waals surface area (Å²) < 4.78 is 2.03. The first-order valence-corrected chi connectivity index (χ1v) is 10.8. The van der Waals surface area contributed by atoms with E-state index in [9.17, 15) is 4.79 Å². The Morgan fingerprint density at radius 1 is 1.03 bits per heavy atom. The standard InChI is InChI=1S/C24H21N3OS/c28-24(26-20-10-7-17-4-3-5-19(17)14-20)18-8-11-22(12-9-18)29-16-21-15-27-13-2-1-6-23(27)25-21/h1-2,6-15H,3-5,16H2,(H,26,28). The van der Waals surface area contributed by atoms with Gasteiger partial charge in [-0.2, -0.15) is 0 Å². The summed E-state index contributed by atoms with van der Waals surface area (Å²) in [5, 5.41) is 3.02. The van der Waals surface area contributed by atoms with Crippen molar-refractivity contribution in [3.63, 3.8) is 0 Å². The molecule has 144 valence electrons. The van der Waals surface area contributed by atoms with Crippen LogP contribution in [0.5, 0.6) is 0 Å². The normalized spacial score (nSPS) is 12.8. The van der Waals surface area contributed by atoms with Crippen LogP contribution < -0.4 is 5.32 Å². The summed E-state index contributed by atoms with van der Waals surface area (Å²) in [6.07, 6.45) is 7.53. The van der Waals surface area contributed by atoms with Gasteiger partial charge >= 0.3 is 0 Å². The average molecular weight is 400 g/mol. The highest BCUT2D eigenvalue weighted by Gasteiger charge is 2.12. The van der Waals surface area contributed by atoms with Gasteiger partial charge in [0, 0.05) is 34.3 Å². The quantitative estimate of drug-likeness (QED) is 0.459. The van der Waals surface area contributed by atoms with Gasteiger partial charge in [0.15, 0.2) is 0 Å². The van der Waals surface area contributed by atoms with Crippen LogP contribution in [0.1, 0.15) is 33.6 Å². The molecule has 0 radical (unpaired) electrons. The molecule has 0 aliphatic heterocycles. The lowest BCUT2D eigenvalue weighted by Gasteiger charge is -2.08. The van der Waals surface area contributed by atoms with Gasteiger partial charge in [0.2, 0.25) is 0 Å². The Morgan fingerprint density at radius 2 is 1.90 bits per heavy atom. The van der Waals surface area contributed by atoms with Gasteiger partial charge in [0.05, 0.1) is 5.69 Å². The van der Waals surface area contributed by atoms with Gasteiger partial charge in [-0.1, -0.05) is 12.1 Å². The number of fused-ring (bicyclic) bond motifs is 2. The lowest BCUT2D eigenvalue weighted by atomic mass is 10.1. The van der Waals surface area contributed by atoms with Crippen molar-refractivity contribution in [1.82, 2.24) is 9.38 Å². The molecular weight excluding hydrogens is 378 g/mol. The zero-order valence-corrected chi connectivity index (χ0v) is 16.8. The molecule has 0 fully saturated rings. The second-order valence-electron chi connectivity index (χ2n) is 7.30. The smallest absolute Gasteiger partial charge is 0.255 e. The summed E-state index contributed by atoms with van der Waals surface area (Å²) in [7, 11) is 0. The molecule has 2 heterocycles. The zero-order valence-electron chi connectivity index (χ0n) is 16.0. The van der Waals surface area contributed by atoms with E-state index in [1.165, 1.54) is 17.5 Å². The monoisotopic (exact) mass is 399 g/mol. The molecule has 1 aliphatic rings. The second-order valence-corrected chi connectivity index (χ2v) is 8.35. The highest BCUT2D eigenvalue weighted by atomic mass is 32.2. The van der Waals surface area contributed by atoms with E-state index >= 15 is 0 Å². The number of amides is 1. The van der Waals surface area contributed by atoms with E-state index < -0.39 is 0 Å². The predicted octanol–water partition coefficient (Wildman–Crippen LogP) is 5.37. The molecule has 0 unspecified atom stereocenters. The van der Waals surface area contributed by atoms with Crippen LogP contribution >= 0.6 is 11.8 Å². The molecular formula is C24H21N3OS. The van der Waals surface area contributed by atoms with Crippen molar-refractivity contribution < 1.29 is 4.79 Å². The molecule has 0 spiro atoms. The number of nitrogens with one attached hydrogen (secondary N) is 1. The third-order valence-corrected chi connectivity index (χ3v) is 6.32. The van der Waals surface area contributed by atoms with Gasteiger partial charge in [0.1, 0.15) is 5.65 Å². The summed E-state index contributed by atoms with van der Waals surface area (Å²) in [6, 6.07) is 20.0. The fourth-order valence-electron chi connectivity index (χ4n) is 3.77. The lowest BCUT2D eigenvalue weighted by Crippen LogP contribution is -2.11. The first-order valence-electron chi connectivity index (χ1n) is 9.83. The number of pyridine rings is 1. The fraction of sp³-hybridized carbons (Fsp3) is 0.167. The molecule has 2 aromatic heterocycles. The Kier molecular flexibility index (Phi) is 4.82. The lowest BCUT2D eigenvalue weighted by molar-refractivity contribution is 0.102. The highest BCUT2D eigenvalue weighted by molar-refractivity contribution is 7.98. The van der Waals surface area contributed by atoms with Gasteiger partial charge in [-0.25, -0.2) is 4.98 Å². The summed E-state index contributed by atoms with van der Waals surface area (Å²) in [5.41, 5.74) is 6.32. The first-order chi connectivity index (χ1) is 14.2. The number of carbonyl (C=O) groups excluding carboxylic acids is 1. The van der Waals surface area contributed by atoms with Crippen molar-refractivity contribution in [3.05, 3.63) is 95.4 Å². The number of imidazole rings is 1. The molecule has 0 saturated carbocycles. The molecule has 0 saturated heterocycles. The fourth-order valence-corrected chi connectivity index (χ4v) is 4.55. The Bertz CT molecular complexity index is 1150. The Balaban J connectivity index is 1.22. The molecule has 1 N–H and O–H groups in total. The van der Waals surface area contributed by atoms with Crippen molar-refractivity contribution in [3.8, 4) is 0 Å². The Hall–Kier alpha value is -3.05. The van der Waals surface area contributed by atoms with Crippen LogP contribution in [0.4, 0.5) is 5.69 Å².